The van der Waals surface area contributed by atoms with Crippen molar-refractivity contribution in [1.82, 2.24) is 0 Å². The van der Waals surface area contributed by atoms with Gasteiger partial charge in [0, 0.05) is 18.1 Å². The van der Waals surface area contributed by atoms with Gasteiger partial charge in [-0.2, -0.15) is 5.26 Å². The van der Waals surface area contributed by atoms with Crippen LogP contribution in [0.4, 0.5) is 5.00 Å². The molecular weight excluding hydrogens is 260 g/mol. The summed E-state index contributed by atoms with van der Waals surface area (Å²) in [5, 5.41) is 9.95. The van der Waals surface area contributed by atoms with Crippen molar-refractivity contribution in [1.29, 1.82) is 5.26 Å². The molecule has 0 aromatic carbocycles. The van der Waals surface area contributed by atoms with Gasteiger partial charge in [-0.1, -0.05) is 13.8 Å². The minimum absolute atomic E-state index is 0.631. The van der Waals surface area contributed by atoms with Crippen molar-refractivity contribution in [3.8, 4) is 6.07 Å². The van der Waals surface area contributed by atoms with Gasteiger partial charge in [-0.25, -0.2) is 0 Å². The second kappa shape index (κ2) is 4.81. The molecule has 0 aliphatic carbocycles. The highest BCUT2D eigenvalue weighted by Crippen LogP contribution is 2.32. The molecule has 0 saturated heterocycles. The Hall–Kier alpha value is -0.530. The lowest BCUT2D eigenvalue weighted by molar-refractivity contribution is 0.640. The summed E-state index contributed by atoms with van der Waals surface area (Å²) in [5.74, 6) is 0.631. The number of nitrogens with zero attached hydrogens (tertiary/aromatic N) is 2. The van der Waals surface area contributed by atoms with Crippen molar-refractivity contribution in [2.75, 3.05) is 18.5 Å². The second-order valence-electron chi connectivity index (χ2n) is 3.65. The molecule has 4 heteroatoms. The number of halogens is 1. The highest BCUT2D eigenvalue weighted by atomic mass is 79.9. The maximum atomic E-state index is 8.81. The molecule has 1 rings (SSSR count). The Bertz CT molecular complexity index is 351. The summed E-state index contributed by atoms with van der Waals surface area (Å²) in [6.45, 7) is 5.38. The van der Waals surface area contributed by atoms with Gasteiger partial charge in [-0.15, -0.1) is 11.3 Å². The van der Waals surface area contributed by atoms with E-state index in [4.69, 9.17) is 5.26 Å². The van der Waals surface area contributed by atoms with E-state index in [0.29, 0.717) is 5.92 Å². The van der Waals surface area contributed by atoms with Crippen LogP contribution in [0.25, 0.3) is 0 Å². The van der Waals surface area contributed by atoms with Crippen molar-refractivity contribution in [3.05, 3.63) is 15.4 Å². The van der Waals surface area contributed by atoms with Crippen LogP contribution < -0.4 is 4.90 Å². The molecule has 76 valence electrons. The first kappa shape index (κ1) is 11.5. The molecule has 0 unspecified atom stereocenters. The molecule has 0 atom stereocenters. The predicted octanol–water partition coefficient (Wildman–Crippen LogP) is 3.47. The number of thiophene rings is 1. The molecule has 0 aliphatic heterocycles. The molecule has 0 N–H and O–H groups in total. The minimum Gasteiger partial charge on any atom is -0.366 e. The van der Waals surface area contributed by atoms with Crippen molar-refractivity contribution >= 4 is 32.3 Å². The SMILES string of the molecule is CC(C)CN(C)c1cc(Br)c(C#N)s1. The molecule has 1 aromatic heterocycles. The van der Waals surface area contributed by atoms with Gasteiger partial charge in [0.25, 0.3) is 0 Å². The molecule has 1 heterocycles. The third-order valence-electron chi connectivity index (χ3n) is 1.79. The van der Waals surface area contributed by atoms with E-state index in [9.17, 15) is 0 Å². The molecular formula is C10H13BrN2S. The van der Waals surface area contributed by atoms with Crippen LogP contribution in [-0.4, -0.2) is 13.6 Å². The largest absolute Gasteiger partial charge is 0.366 e. The van der Waals surface area contributed by atoms with E-state index in [2.05, 4.69) is 47.8 Å². The van der Waals surface area contributed by atoms with E-state index in [0.717, 1.165) is 20.9 Å². The smallest absolute Gasteiger partial charge is 0.121 e. The van der Waals surface area contributed by atoms with Gasteiger partial charge in [0.2, 0.25) is 0 Å². The van der Waals surface area contributed by atoms with Gasteiger partial charge >= 0.3 is 0 Å². The number of nitriles is 1. The lowest BCUT2D eigenvalue weighted by Gasteiger charge is -2.18. The maximum Gasteiger partial charge on any atom is 0.121 e. The summed E-state index contributed by atoms with van der Waals surface area (Å²) in [6, 6.07) is 4.17. The molecule has 2 nitrogen and oxygen atoms in total. The van der Waals surface area contributed by atoms with Crippen molar-refractivity contribution in [2.45, 2.75) is 13.8 Å². The quantitative estimate of drug-likeness (QED) is 0.843. The zero-order valence-corrected chi connectivity index (χ0v) is 10.9. The van der Waals surface area contributed by atoms with E-state index in [1.54, 1.807) is 0 Å². The molecule has 0 aliphatic rings. The number of hydrogen-bond acceptors (Lipinski definition) is 3. The topological polar surface area (TPSA) is 27.0 Å². The monoisotopic (exact) mass is 272 g/mol. The van der Waals surface area contributed by atoms with Crippen molar-refractivity contribution < 1.29 is 0 Å². The van der Waals surface area contributed by atoms with Gasteiger partial charge in [-0.05, 0) is 27.9 Å². The number of hydrogen-bond donors (Lipinski definition) is 0. The van der Waals surface area contributed by atoms with Crippen LogP contribution in [0.5, 0.6) is 0 Å². The summed E-state index contributed by atoms with van der Waals surface area (Å²) in [5.41, 5.74) is 0. The molecule has 0 radical (unpaired) electrons. The second-order valence-corrected chi connectivity index (χ2v) is 5.53. The van der Waals surface area contributed by atoms with Crippen LogP contribution in [-0.2, 0) is 0 Å². The van der Waals surface area contributed by atoms with Crippen LogP contribution >= 0.6 is 27.3 Å². The van der Waals surface area contributed by atoms with Gasteiger partial charge < -0.3 is 4.90 Å². The zero-order valence-electron chi connectivity index (χ0n) is 8.54. The fourth-order valence-electron chi connectivity index (χ4n) is 1.26. The Balaban J connectivity index is 2.81. The average Bonchev–Trinajstić information content (AvgIpc) is 2.45. The van der Waals surface area contributed by atoms with Crippen LogP contribution in [0.2, 0.25) is 0 Å². The molecule has 0 saturated carbocycles. The number of anilines is 1. The summed E-state index contributed by atoms with van der Waals surface area (Å²) in [7, 11) is 2.05. The van der Waals surface area contributed by atoms with E-state index >= 15 is 0 Å². The molecule has 0 amide bonds. The van der Waals surface area contributed by atoms with E-state index in [-0.39, 0.29) is 0 Å². The lowest BCUT2D eigenvalue weighted by Crippen LogP contribution is -2.21. The Kier molecular flexibility index (Phi) is 3.97. The molecule has 0 bridgehead atoms. The molecule has 1 aromatic rings. The molecule has 0 fully saturated rings. The van der Waals surface area contributed by atoms with Gasteiger partial charge in [0.05, 0.1) is 5.00 Å². The summed E-state index contributed by atoms with van der Waals surface area (Å²) in [4.78, 5) is 2.93. The lowest BCUT2D eigenvalue weighted by atomic mass is 10.2. The van der Waals surface area contributed by atoms with Crippen molar-refractivity contribution in [2.24, 2.45) is 5.92 Å². The highest BCUT2D eigenvalue weighted by molar-refractivity contribution is 9.10. The summed E-state index contributed by atoms with van der Waals surface area (Å²) < 4.78 is 0.899. The fourth-order valence-corrected chi connectivity index (χ4v) is 2.78. The summed E-state index contributed by atoms with van der Waals surface area (Å²) in [6.07, 6.45) is 0. The van der Waals surface area contributed by atoms with E-state index in [1.807, 2.05) is 6.07 Å². The summed E-state index contributed by atoms with van der Waals surface area (Å²) >= 11 is 4.90. The van der Waals surface area contributed by atoms with Crippen molar-refractivity contribution in [3.63, 3.8) is 0 Å². The van der Waals surface area contributed by atoms with Gasteiger partial charge in [0.1, 0.15) is 10.9 Å². The van der Waals surface area contributed by atoms with Crippen LogP contribution in [0, 0.1) is 17.2 Å². The predicted molar refractivity (Wildman–Crippen MR) is 64.8 cm³/mol. The Morgan fingerprint density at radius 2 is 2.29 bits per heavy atom. The minimum atomic E-state index is 0.631. The molecule has 14 heavy (non-hydrogen) atoms. The Morgan fingerprint density at radius 1 is 1.64 bits per heavy atom. The van der Waals surface area contributed by atoms with Gasteiger partial charge in [-0.3, -0.25) is 0 Å². The zero-order chi connectivity index (χ0) is 10.7. The first-order valence-electron chi connectivity index (χ1n) is 4.45. The van der Waals surface area contributed by atoms with Crippen LogP contribution in [0.15, 0.2) is 10.5 Å². The highest BCUT2D eigenvalue weighted by Gasteiger charge is 2.10. The maximum absolute atomic E-state index is 8.81. The third kappa shape index (κ3) is 2.73. The Morgan fingerprint density at radius 3 is 2.71 bits per heavy atom. The van der Waals surface area contributed by atoms with Crippen LogP contribution in [0.1, 0.15) is 18.7 Å². The average molecular weight is 273 g/mol. The molecule has 0 spiro atoms. The van der Waals surface area contributed by atoms with E-state index < -0.39 is 0 Å². The number of rotatable bonds is 3. The first-order valence-corrected chi connectivity index (χ1v) is 6.06. The normalized spacial score (nSPS) is 10.3. The van der Waals surface area contributed by atoms with Crippen LogP contribution in [0.3, 0.4) is 0 Å². The standard InChI is InChI=1S/C10H13BrN2S/c1-7(2)6-13(3)10-4-8(11)9(5-12)14-10/h4,7H,6H2,1-3H3. The fraction of sp³-hybridized carbons (Fsp3) is 0.500. The van der Waals surface area contributed by atoms with E-state index in [1.165, 1.54) is 11.3 Å². The van der Waals surface area contributed by atoms with Gasteiger partial charge in [0.15, 0.2) is 0 Å². The first-order chi connectivity index (χ1) is 6.54. The Labute approximate surface area is 97.3 Å². The third-order valence-corrected chi connectivity index (χ3v) is 3.83.